The molecule has 0 heterocycles. The number of amides is 1. The number of unbranched alkanes of at least 4 members (excludes halogenated alkanes) is 5. The van der Waals surface area contributed by atoms with Crippen LogP contribution in [0.2, 0.25) is 0 Å². The summed E-state index contributed by atoms with van der Waals surface area (Å²) in [6.45, 7) is 2.15. The number of hydrogen-bond donors (Lipinski definition) is 3. The standard InChI is InChI=1S/C29H43NO5/c1-2-3-7-14-24(31)19-17-22-18-20-27(32)25(22)15-10-4-5-11-16-28(33)30-26(21-29(34)35)23-12-8-6-9-13-23/h6,8-9,12-13,17,19,22,24-26,31H,2-5,7,10-11,14-16,18,20-21H2,1H3,(H,30,33)(H,34,35)/t22-,24+,25-,26+/m1/s1. The molecule has 1 aliphatic carbocycles. The molecule has 194 valence electrons. The van der Waals surface area contributed by atoms with E-state index in [0.717, 1.165) is 69.8 Å². The predicted octanol–water partition coefficient (Wildman–Crippen LogP) is 5.75. The quantitative estimate of drug-likeness (QED) is 0.192. The van der Waals surface area contributed by atoms with Crippen LogP contribution in [0.25, 0.3) is 0 Å². The summed E-state index contributed by atoms with van der Waals surface area (Å²) in [7, 11) is 0. The normalized spacial score (nSPS) is 19.7. The second-order valence-corrected chi connectivity index (χ2v) is 9.80. The highest BCUT2D eigenvalue weighted by molar-refractivity contribution is 5.83. The Morgan fingerprint density at radius 1 is 1.09 bits per heavy atom. The van der Waals surface area contributed by atoms with Gasteiger partial charge in [-0.25, -0.2) is 0 Å². The van der Waals surface area contributed by atoms with Crippen molar-refractivity contribution in [3.05, 3.63) is 48.0 Å². The molecule has 1 aliphatic rings. The monoisotopic (exact) mass is 485 g/mol. The number of aliphatic hydroxyl groups is 1. The van der Waals surface area contributed by atoms with Crippen molar-refractivity contribution in [2.24, 2.45) is 11.8 Å². The van der Waals surface area contributed by atoms with Crippen LogP contribution in [0.1, 0.15) is 102 Å². The average Bonchev–Trinajstić information content (AvgIpc) is 3.19. The molecule has 1 saturated carbocycles. The molecule has 35 heavy (non-hydrogen) atoms. The number of Topliss-reactive ketones (excluding diaryl/α,β-unsaturated/α-hetero) is 1. The van der Waals surface area contributed by atoms with E-state index in [4.69, 9.17) is 0 Å². The molecule has 1 aromatic carbocycles. The van der Waals surface area contributed by atoms with Crippen LogP contribution in [0.15, 0.2) is 42.5 Å². The lowest BCUT2D eigenvalue weighted by Gasteiger charge is -2.17. The molecule has 1 aromatic rings. The van der Waals surface area contributed by atoms with E-state index in [9.17, 15) is 24.6 Å². The van der Waals surface area contributed by atoms with E-state index in [1.165, 1.54) is 0 Å². The smallest absolute Gasteiger partial charge is 0.305 e. The van der Waals surface area contributed by atoms with Crippen LogP contribution in [0.3, 0.4) is 0 Å². The maximum atomic E-state index is 12.4. The summed E-state index contributed by atoms with van der Waals surface area (Å²) < 4.78 is 0. The Kier molecular flexibility index (Phi) is 13.4. The summed E-state index contributed by atoms with van der Waals surface area (Å²) in [4.78, 5) is 35.9. The van der Waals surface area contributed by atoms with Crippen molar-refractivity contribution in [1.29, 1.82) is 0 Å². The lowest BCUT2D eigenvalue weighted by molar-refractivity contribution is -0.137. The summed E-state index contributed by atoms with van der Waals surface area (Å²) in [5.41, 5.74) is 0.793. The van der Waals surface area contributed by atoms with E-state index in [1.807, 2.05) is 36.4 Å². The second kappa shape index (κ2) is 16.2. The van der Waals surface area contributed by atoms with Crippen LogP contribution in [-0.2, 0) is 14.4 Å². The number of carboxylic acid groups (broad SMARTS) is 1. The Bertz CT molecular complexity index is 807. The van der Waals surface area contributed by atoms with Gasteiger partial charge in [0.05, 0.1) is 18.6 Å². The van der Waals surface area contributed by atoms with Crippen LogP contribution in [0, 0.1) is 11.8 Å². The van der Waals surface area contributed by atoms with Gasteiger partial charge in [-0.15, -0.1) is 0 Å². The van der Waals surface area contributed by atoms with Gasteiger partial charge in [0.2, 0.25) is 5.91 Å². The molecule has 0 radical (unpaired) electrons. The first kappa shape index (κ1) is 28.8. The first-order valence-electron chi connectivity index (χ1n) is 13.4. The molecule has 0 unspecified atom stereocenters. The molecule has 1 amide bonds. The first-order chi connectivity index (χ1) is 16.9. The molecule has 6 nitrogen and oxygen atoms in total. The van der Waals surface area contributed by atoms with E-state index in [0.29, 0.717) is 18.6 Å². The molecule has 0 aliphatic heterocycles. The molecule has 0 bridgehead atoms. The second-order valence-electron chi connectivity index (χ2n) is 9.80. The molecule has 6 heteroatoms. The third-order valence-corrected chi connectivity index (χ3v) is 6.92. The van der Waals surface area contributed by atoms with Crippen LogP contribution >= 0.6 is 0 Å². The molecule has 2 rings (SSSR count). The van der Waals surface area contributed by atoms with Gasteiger partial charge in [-0.3, -0.25) is 14.4 Å². The van der Waals surface area contributed by atoms with Gasteiger partial charge in [-0.05, 0) is 37.2 Å². The molecule has 3 N–H and O–H groups in total. The number of rotatable bonds is 17. The average molecular weight is 486 g/mol. The van der Waals surface area contributed by atoms with Crippen LogP contribution < -0.4 is 5.32 Å². The van der Waals surface area contributed by atoms with Crippen LogP contribution in [-0.4, -0.2) is 34.0 Å². The van der Waals surface area contributed by atoms with Gasteiger partial charge in [-0.2, -0.15) is 0 Å². The topological polar surface area (TPSA) is 104 Å². The fourth-order valence-corrected chi connectivity index (χ4v) is 4.89. The Hall–Kier alpha value is -2.47. The third kappa shape index (κ3) is 11.2. The molecule has 1 fully saturated rings. The van der Waals surface area contributed by atoms with Gasteiger partial charge < -0.3 is 15.5 Å². The predicted molar refractivity (Wildman–Crippen MR) is 138 cm³/mol. The van der Waals surface area contributed by atoms with Crippen molar-refractivity contribution in [3.8, 4) is 0 Å². The highest BCUT2D eigenvalue weighted by Gasteiger charge is 2.32. The zero-order chi connectivity index (χ0) is 25.5. The van der Waals surface area contributed by atoms with Gasteiger partial charge in [0.1, 0.15) is 5.78 Å². The van der Waals surface area contributed by atoms with Gasteiger partial charge in [0.15, 0.2) is 0 Å². The minimum atomic E-state index is -0.945. The fraction of sp³-hybridized carbons (Fsp3) is 0.621. The molecule has 0 saturated heterocycles. The van der Waals surface area contributed by atoms with E-state index < -0.39 is 18.1 Å². The van der Waals surface area contributed by atoms with Crippen molar-refractivity contribution in [2.45, 2.75) is 103 Å². The summed E-state index contributed by atoms with van der Waals surface area (Å²) in [5, 5.41) is 22.2. The van der Waals surface area contributed by atoms with Gasteiger partial charge in [0.25, 0.3) is 0 Å². The van der Waals surface area contributed by atoms with Crippen LogP contribution in [0.5, 0.6) is 0 Å². The lowest BCUT2D eigenvalue weighted by Crippen LogP contribution is -2.29. The van der Waals surface area contributed by atoms with Crippen molar-refractivity contribution in [2.75, 3.05) is 0 Å². The number of carbonyl (C=O) groups excluding carboxylic acids is 2. The third-order valence-electron chi connectivity index (χ3n) is 6.92. The maximum Gasteiger partial charge on any atom is 0.305 e. The SMILES string of the molecule is CCCCC[C@H](O)C=C[C@@H]1CCC(=O)[C@@H]1CCCCCCC(=O)N[C@@H](CC(=O)O)c1ccccc1. The number of ketones is 1. The zero-order valence-corrected chi connectivity index (χ0v) is 21.2. The summed E-state index contributed by atoms with van der Waals surface area (Å²) >= 11 is 0. The molecule has 4 atom stereocenters. The summed E-state index contributed by atoms with van der Waals surface area (Å²) in [6, 6.07) is 8.66. The number of aliphatic carboxylic acids is 1. The molecular weight excluding hydrogens is 442 g/mol. The summed E-state index contributed by atoms with van der Waals surface area (Å²) in [6.07, 6.45) is 13.8. The van der Waals surface area contributed by atoms with Crippen molar-refractivity contribution in [1.82, 2.24) is 5.32 Å². The first-order valence-corrected chi connectivity index (χ1v) is 13.4. The van der Waals surface area contributed by atoms with Gasteiger partial charge >= 0.3 is 5.97 Å². The number of carbonyl (C=O) groups is 3. The molecule has 0 aromatic heterocycles. The lowest BCUT2D eigenvalue weighted by atomic mass is 9.89. The number of nitrogens with one attached hydrogen (secondary N) is 1. The Morgan fingerprint density at radius 2 is 1.83 bits per heavy atom. The highest BCUT2D eigenvalue weighted by atomic mass is 16.4. The minimum Gasteiger partial charge on any atom is -0.481 e. The number of benzene rings is 1. The van der Waals surface area contributed by atoms with Gasteiger partial charge in [0, 0.05) is 18.8 Å². The highest BCUT2D eigenvalue weighted by Crippen LogP contribution is 2.34. The van der Waals surface area contributed by atoms with E-state index in [1.54, 1.807) is 0 Å². The van der Waals surface area contributed by atoms with E-state index >= 15 is 0 Å². The van der Waals surface area contributed by atoms with Crippen molar-refractivity contribution < 1.29 is 24.6 Å². The van der Waals surface area contributed by atoms with Gasteiger partial charge in [-0.1, -0.05) is 87.9 Å². The Balaban J connectivity index is 1.67. The van der Waals surface area contributed by atoms with Crippen LogP contribution in [0.4, 0.5) is 0 Å². The largest absolute Gasteiger partial charge is 0.481 e. The number of carboxylic acids is 1. The number of allylic oxidation sites excluding steroid dienone is 1. The zero-order valence-electron chi connectivity index (χ0n) is 21.2. The Morgan fingerprint density at radius 3 is 2.54 bits per heavy atom. The van der Waals surface area contributed by atoms with E-state index in [-0.39, 0.29) is 24.2 Å². The van der Waals surface area contributed by atoms with Crippen molar-refractivity contribution >= 4 is 17.7 Å². The minimum absolute atomic E-state index is 0.0556. The number of hydrogen-bond acceptors (Lipinski definition) is 4. The summed E-state index contributed by atoms with van der Waals surface area (Å²) in [5.74, 6) is -0.447. The fourth-order valence-electron chi connectivity index (χ4n) is 4.89. The molecule has 0 spiro atoms. The molecular formula is C29H43NO5. The van der Waals surface area contributed by atoms with E-state index in [2.05, 4.69) is 18.3 Å². The van der Waals surface area contributed by atoms with Crippen molar-refractivity contribution in [3.63, 3.8) is 0 Å². The number of aliphatic hydroxyl groups excluding tert-OH is 1. The maximum absolute atomic E-state index is 12.4. The Labute approximate surface area is 210 Å².